The Bertz CT molecular complexity index is 329. The first-order valence-corrected chi connectivity index (χ1v) is 6.12. The van der Waals surface area contributed by atoms with Crippen LogP contribution < -0.4 is 5.73 Å². The summed E-state index contributed by atoms with van der Waals surface area (Å²) in [4.78, 5) is 6.53. The van der Waals surface area contributed by atoms with Gasteiger partial charge in [-0.2, -0.15) is 0 Å². The lowest BCUT2D eigenvalue weighted by Gasteiger charge is -2.30. The highest BCUT2D eigenvalue weighted by Crippen LogP contribution is 2.14. The van der Waals surface area contributed by atoms with E-state index in [1.807, 2.05) is 6.20 Å². The second kappa shape index (κ2) is 5.05. The van der Waals surface area contributed by atoms with Crippen LogP contribution in [0, 0.1) is 0 Å². The van der Waals surface area contributed by atoms with E-state index in [0.29, 0.717) is 6.04 Å². The van der Waals surface area contributed by atoms with Crippen molar-refractivity contribution in [3.8, 4) is 0 Å². The molecule has 0 aromatic carbocycles. The van der Waals surface area contributed by atoms with E-state index in [2.05, 4.69) is 37.9 Å². The zero-order valence-corrected chi connectivity index (χ0v) is 10.3. The molecule has 0 spiro atoms. The highest BCUT2D eigenvalue weighted by molar-refractivity contribution is 9.10. The minimum atomic E-state index is 0.351. The topological polar surface area (TPSA) is 42.1 Å². The molecule has 1 aromatic rings. The number of hydrogen-bond acceptors (Lipinski definition) is 3. The fourth-order valence-corrected chi connectivity index (χ4v) is 2.45. The first-order chi connectivity index (χ1) is 7.24. The molecule has 0 unspecified atom stereocenters. The van der Waals surface area contributed by atoms with Gasteiger partial charge in [-0.25, -0.2) is 4.98 Å². The van der Waals surface area contributed by atoms with Crippen molar-refractivity contribution in [1.29, 1.82) is 0 Å². The number of likely N-dealkylation sites (tertiary alicyclic amines) is 1. The van der Waals surface area contributed by atoms with Crippen LogP contribution in [0.2, 0.25) is 0 Å². The Kier molecular flexibility index (Phi) is 3.72. The summed E-state index contributed by atoms with van der Waals surface area (Å²) in [6.07, 6.45) is 4.22. The van der Waals surface area contributed by atoms with Crippen molar-refractivity contribution in [3.05, 3.63) is 28.5 Å². The third-order valence-corrected chi connectivity index (χ3v) is 3.17. The zero-order chi connectivity index (χ0) is 10.7. The lowest BCUT2D eigenvalue weighted by molar-refractivity contribution is 0.201. The van der Waals surface area contributed by atoms with Gasteiger partial charge < -0.3 is 5.73 Å². The molecule has 2 heterocycles. The van der Waals surface area contributed by atoms with Gasteiger partial charge in [0.15, 0.2) is 0 Å². The lowest BCUT2D eigenvalue weighted by atomic mass is 10.1. The number of hydrogen-bond donors (Lipinski definition) is 1. The van der Waals surface area contributed by atoms with E-state index in [1.54, 1.807) is 0 Å². The molecule has 2 rings (SSSR count). The van der Waals surface area contributed by atoms with Crippen molar-refractivity contribution >= 4 is 15.9 Å². The van der Waals surface area contributed by atoms with Crippen molar-refractivity contribution in [2.45, 2.75) is 25.4 Å². The molecular formula is C11H16BrN3. The second-order valence-electron chi connectivity index (χ2n) is 4.12. The quantitative estimate of drug-likeness (QED) is 0.833. The fraction of sp³-hybridized carbons (Fsp3) is 0.545. The maximum atomic E-state index is 5.95. The van der Waals surface area contributed by atoms with E-state index in [4.69, 9.17) is 5.73 Å². The molecule has 2 N–H and O–H groups in total. The van der Waals surface area contributed by atoms with E-state index in [-0.39, 0.29) is 0 Å². The van der Waals surface area contributed by atoms with Crippen LogP contribution in [0.15, 0.2) is 22.9 Å². The van der Waals surface area contributed by atoms with Crippen LogP contribution in [0.3, 0.4) is 0 Å². The average molecular weight is 270 g/mol. The van der Waals surface area contributed by atoms with Crippen LogP contribution in [0.5, 0.6) is 0 Å². The number of nitrogens with two attached hydrogens (primary N) is 1. The standard InChI is InChI=1S/C11H16BrN3/c12-11-6-9(3-4-14-11)7-15-5-1-2-10(13)8-15/h3-4,6,10H,1-2,5,7-8,13H2/t10-/m1/s1. The van der Waals surface area contributed by atoms with E-state index < -0.39 is 0 Å². The third kappa shape index (κ3) is 3.26. The minimum Gasteiger partial charge on any atom is -0.327 e. The summed E-state index contributed by atoms with van der Waals surface area (Å²) < 4.78 is 0.904. The molecule has 3 nitrogen and oxygen atoms in total. The van der Waals surface area contributed by atoms with Crippen LogP contribution in [-0.2, 0) is 6.54 Å². The molecule has 0 aliphatic carbocycles. The van der Waals surface area contributed by atoms with Crippen LogP contribution in [0.1, 0.15) is 18.4 Å². The molecule has 1 fully saturated rings. The van der Waals surface area contributed by atoms with Gasteiger partial charge in [-0.05, 0) is 53.0 Å². The molecular weight excluding hydrogens is 254 g/mol. The van der Waals surface area contributed by atoms with Gasteiger partial charge in [0.05, 0.1) is 0 Å². The van der Waals surface area contributed by atoms with Crippen molar-refractivity contribution < 1.29 is 0 Å². The van der Waals surface area contributed by atoms with E-state index in [9.17, 15) is 0 Å². The Hall–Kier alpha value is -0.450. The molecule has 82 valence electrons. The largest absolute Gasteiger partial charge is 0.327 e. The maximum Gasteiger partial charge on any atom is 0.106 e. The molecule has 1 saturated heterocycles. The first-order valence-electron chi connectivity index (χ1n) is 5.32. The Morgan fingerprint density at radius 3 is 3.20 bits per heavy atom. The molecule has 0 bridgehead atoms. The molecule has 1 atom stereocenters. The SMILES string of the molecule is N[C@@H]1CCCN(Cc2ccnc(Br)c2)C1. The summed E-state index contributed by atoms with van der Waals surface area (Å²) in [5, 5.41) is 0. The predicted molar refractivity (Wildman–Crippen MR) is 64.4 cm³/mol. The molecule has 1 aliphatic heterocycles. The van der Waals surface area contributed by atoms with Gasteiger partial charge >= 0.3 is 0 Å². The number of aromatic nitrogens is 1. The summed E-state index contributed by atoms with van der Waals surface area (Å²) in [7, 11) is 0. The highest BCUT2D eigenvalue weighted by Gasteiger charge is 2.16. The van der Waals surface area contributed by atoms with Crippen molar-refractivity contribution in [2.24, 2.45) is 5.73 Å². The summed E-state index contributed by atoms with van der Waals surface area (Å²) in [5.41, 5.74) is 7.24. The van der Waals surface area contributed by atoms with Gasteiger partial charge in [0.2, 0.25) is 0 Å². The summed E-state index contributed by atoms with van der Waals surface area (Å²) in [6.45, 7) is 3.16. The van der Waals surface area contributed by atoms with E-state index in [1.165, 1.54) is 12.0 Å². The Morgan fingerprint density at radius 2 is 2.47 bits per heavy atom. The van der Waals surface area contributed by atoms with Gasteiger partial charge in [0.1, 0.15) is 4.60 Å². The normalized spacial score (nSPS) is 22.9. The first kappa shape index (κ1) is 11.0. The van der Waals surface area contributed by atoms with Crippen LogP contribution in [0.25, 0.3) is 0 Å². The predicted octanol–water partition coefficient (Wildman–Crippen LogP) is 1.77. The molecule has 1 aromatic heterocycles. The van der Waals surface area contributed by atoms with Crippen molar-refractivity contribution in [3.63, 3.8) is 0 Å². The van der Waals surface area contributed by atoms with Gasteiger partial charge in [-0.3, -0.25) is 4.90 Å². The minimum absolute atomic E-state index is 0.351. The summed E-state index contributed by atoms with van der Waals surface area (Å²) >= 11 is 3.38. The molecule has 4 heteroatoms. The number of piperidine rings is 1. The summed E-state index contributed by atoms with van der Waals surface area (Å²) in [5.74, 6) is 0. The van der Waals surface area contributed by atoms with Gasteiger partial charge in [0, 0.05) is 25.3 Å². The van der Waals surface area contributed by atoms with Gasteiger partial charge in [-0.1, -0.05) is 0 Å². The maximum absolute atomic E-state index is 5.95. The molecule has 1 aliphatic rings. The average Bonchev–Trinajstić information content (AvgIpc) is 2.17. The molecule has 0 amide bonds. The van der Waals surface area contributed by atoms with Gasteiger partial charge in [0.25, 0.3) is 0 Å². The summed E-state index contributed by atoms with van der Waals surface area (Å²) in [6, 6.07) is 4.48. The Morgan fingerprint density at radius 1 is 1.60 bits per heavy atom. The fourth-order valence-electron chi connectivity index (χ4n) is 2.03. The van der Waals surface area contributed by atoms with Crippen LogP contribution in [-0.4, -0.2) is 29.0 Å². The monoisotopic (exact) mass is 269 g/mol. The smallest absolute Gasteiger partial charge is 0.106 e. The highest BCUT2D eigenvalue weighted by atomic mass is 79.9. The van der Waals surface area contributed by atoms with E-state index >= 15 is 0 Å². The zero-order valence-electron chi connectivity index (χ0n) is 8.69. The van der Waals surface area contributed by atoms with Crippen molar-refractivity contribution in [2.75, 3.05) is 13.1 Å². The van der Waals surface area contributed by atoms with Crippen LogP contribution in [0.4, 0.5) is 0 Å². The number of nitrogens with zero attached hydrogens (tertiary/aromatic N) is 2. The Balaban J connectivity index is 1.96. The third-order valence-electron chi connectivity index (χ3n) is 2.74. The Labute approximate surface area is 98.8 Å². The van der Waals surface area contributed by atoms with Crippen LogP contribution >= 0.6 is 15.9 Å². The number of halogens is 1. The number of pyridine rings is 1. The molecule has 0 saturated carbocycles. The molecule has 15 heavy (non-hydrogen) atoms. The lowest BCUT2D eigenvalue weighted by Crippen LogP contribution is -2.42. The number of rotatable bonds is 2. The van der Waals surface area contributed by atoms with Gasteiger partial charge in [-0.15, -0.1) is 0 Å². The van der Waals surface area contributed by atoms with E-state index in [0.717, 1.165) is 30.7 Å². The second-order valence-corrected chi connectivity index (χ2v) is 4.94. The van der Waals surface area contributed by atoms with Crippen molar-refractivity contribution in [1.82, 2.24) is 9.88 Å². The molecule has 0 radical (unpaired) electrons.